The van der Waals surface area contributed by atoms with Gasteiger partial charge in [0.1, 0.15) is 17.2 Å². The number of H-pyrrole nitrogens is 2. The number of amides is 1. The van der Waals surface area contributed by atoms with Crippen LogP contribution in [0.5, 0.6) is 0 Å². The predicted molar refractivity (Wildman–Crippen MR) is 120 cm³/mol. The van der Waals surface area contributed by atoms with Crippen LogP contribution in [-0.2, 0) is 20.9 Å². The normalized spacial score (nSPS) is 11.8. The van der Waals surface area contributed by atoms with E-state index in [9.17, 15) is 14.0 Å². The maximum Gasteiger partial charge on any atom is 0.306 e. The molecule has 2 aromatic carbocycles. The second kappa shape index (κ2) is 8.45. The van der Waals surface area contributed by atoms with Crippen LogP contribution in [0.1, 0.15) is 39.4 Å². The zero-order valence-corrected chi connectivity index (χ0v) is 18.2. The molecule has 0 unspecified atom stereocenters. The van der Waals surface area contributed by atoms with Gasteiger partial charge in [0.25, 0.3) is 0 Å². The number of carbonyl (C=O) groups excluding carboxylic acids is 2. The summed E-state index contributed by atoms with van der Waals surface area (Å²) in [6.45, 7) is 5.59. The van der Waals surface area contributed by atoms with Crippen molar-refractivity contribution < 1.29 is 18.7 Å². The van der Waals surface area contributed by atoms with E-state index in [-0.39, 0.29) is 31.1 Å². The van der Waals surface area contributed by atoms with Crippen molar-refractivity contribution in [3.05, 3.63) is 54.2 Å². The molecule has 32 heavy (non-hydrogen) atoms. The number of halogens is 1. The van der Waals surface area contributed by atoms with Gasteiger partial charge in [-0.2, -0.15) is 0 Å². The third-order valence-corrected chi connectivity index (χ3v) is 4.91. The highest BCUT2D eigenvalue weighted by molar-refractivity contribution is 5.97. The van der Waals surface area contributed by atoms with Gasteiger partial charge in [0.2, 0.25) is 5.91 Å². The van der Waals surface area contributed by atoms with Gasteiger partial charge in [-0.1, -0.05) is 6.07 Å². The molecule has 2 aromatic heterocycles. The number of carbonyl (C=O) groups is 2. The van der Waals surface area contributed by atoms with E-state index in [1.54, 1.807) is 26.8 Å². The Bertz CT molecular complexity index is 1300. The molecule has 1 amide bonds. The number of imidazole rings is 1. The van der Waals surface area contributed by atoms with Crippen molar-refractivity contribution in [2.24, 2.45) is 0 Å². The monoisotopic (exact) mass is 436 g/mol. The SMILES string of the molecule is CC(C)(C)OC(=O)CCC(=O)NCc1nc2ccc(-c3c[nH]c4cc(F)ccc34)cc2[nH]1. The van der Waals surface area contributed by atoms with Gasteiger partial charge >= 0.3 is 5.97 Å². The van der Waals surface area contributed by atoms with Crippen molar-refractivity contribution in [1.82, 2.24) is 20.3 Å². The first-order valence-electron chi connectivity index (χ1n) is 10.4. The van der Waals surface area contributed by atoms with E-state index in [2.05, 4.69) is 20.3 Å². The number of fused-ring (bicyclic) bond motifs is 2. The molecule has 4 aromatic rings. The molecule has 2 heterocycles. The van der Waals surface area contributed by atoms with Crippen LogP contribution >= 0.6 is 0 Å². The van der Waals surface area contributed by atoms with Gasteiger partial charge in [0, 0.05) is 29.1 Å². The van der Waals surface area contributed by atoms with Gasteiger partial charge in [-0.25, -0.2) is 9.37 Å². The van der Waals surface area contributed by atoms with Crippen LogP contribution in [0.25, 0.3) is 33.1 Å². The molecule has 0 saturated carbocycles. The van der Waals surface area contributed by atoms with Gasteiger partial charge in [-0.3, -0.25) is 9.59 Å². The highest BCUT2D eigenvalue weighted by Gasteiger charge is 2.17. The molecule has 0 atom stereocenters. The largest absolute Gasteiger partial charge is 0.460 e. The van der Waals surface area contributed by atoms with Crippen molar-refractivity contribution in [2.75, 3.05) is 0 Å². The van der Waals surface area contributed by atoms with Gasteiger partial charge < -0.3 is 20.0 Å². The van der Waals surface area contributed by atoms with Crippen molar-refractivity contribution in [3.63, 3.8) is 0 Å². The maximum atomic E-state index is 13.5. The van der Waals surface area contributed by atoms with E-state index >= 15 is 0 Å². The minimum Gasteiger partial charge on any atom is -0.460 e. The number of nitrogens with zero attached hydrogens (tertiary/aromatic N) is 1. The summed E-state index contributed by atoms with van der Waals surface area (Å²) in [7, 11) is 0. The fourth-order valence-electron chi connectivity index (χ4n) is 3.53. The molecule has 0 bridgehead atoms. The fourth-order valence-corrected chi connectivity index (χ4v) is 3.53. The van der Waals surface area contributed by atoms with Gasteiger partial charge in [0.15, 0.2) is 0 Å². The molecular formula is C24H25FN4O3. The molecule has 3 N–H and O–H groups in total. The van der Waals surface area contributed by atoms with E-state index in [4.69, 9.17) is 4.74 Å². The van der Waals surface area contributed by atoms with E-state index in [1.807, 2.05) is 24.4 Å². The molecule has 0 radical (unpaired) electrons. The zero-order chi connectivity index (χ0) is 22.9. The van der Waals surface area contributed by atoms with Crippen LogP contribution in [0.15, 0.2) is 42.6 Å². The lowest BCUT2D eigenvalue weighted by molar-refractivity contribution is -0.155. The Balaban J connectivity index is 1.41. The molecule has 0 saturated heterocycles. The minimum atomic E-state index is -0.566. The average molecular weight is 436 g/mol. The molecule has 4 rings (SSSR count). The minimum absolute atomic E-state index is 0.0289. The van der Waals surface area contributed by atoms with Crippen LogP contribution < -0.4 is 5.32 Å². The third kappa shape index (κ3) is 4.96. The lowest BCUT2D eigenvalue weighted by Crippen LogP contribution is -2.27. The predicted octanol–water partition coefficient (Wildman–Crippen LogP) is 4.59. The second-order valence-corrected chi connectivity index (χ2v) is 8.67. The summed E-state index contributed by atoms with van der Waals surface area (Å²) in [5, 5.41) is 3.70. The Kier molecular flexibility index (Phi) is 5.69. The first kappa shape index (κ1) is 21.5. The van der Waals surface area contributed by atoms with E-state index in [0.717, 1.165) is 33.1 Å². The molecular weight excluding hydrogens is 411 g/mol. The Morgan fingerprint density at radius 1 is 1.09 bits per heavy atom. The summed E-state index contributed by atoms with van der Waals surface area (Å²) < 4.78 is 18.7. The number of nitrogens with one attached hydrogen (secondary N) is 3. The number of aromatic amines is 2. The van der Waals surface area contributed by atoms with E-state index < -0.39 is 11.6 Å². The van der Waals surface area contributed by atoms with Gasteiger partial charge in [0.05, 0.1) is 24.0 Å². The van der Waals surface area contributed by atoms with Gasteiger partial charge in [-0.05, 0) is 56.7 Å². The Morgan fingerprint density at radius 3 is 2.69 bits per heavy atom. The summed E-state index contributed by atoms with van der Waals surface area (Å²) >= 11 is 0. The van der Waals surface area contributed by atoms with Crippen molar-refractivity contribution in [2.45, 2.75) is 45.8 Å². The Labute approximate surface area is 184 Å². The Hall–Kier alpha value is -3.68. The quantitative estimate of drug-likeness (QED) is 0.385. The van der Waals surface area contributed by atoms with Crippen LogP contribution in [0.4, 0.5) is 4.39 Å². The van der Waals surface area contributed by atoms with Crippen molar-refractivity contribution >= 4 is 33.8 Å². The molecule has 0 aliphatic heterocycles. The number of esters is 1. The molecule has 0 aliphatic rings. The number of ether oxygens (including phenoxy) is 1. The summed E-state index contributed by atoms with van der Waals surface area (Å²) in [4.78, 5) is 34.6. The molecule has 0 spiro atoms. The number of aromatic nitrogens is 3. The summed E-state index contributed by atoms with van der Waals surface area (Å²) in [6, 6.07) is 10.5. The molecule has 7 nitrogen and oxygen atoms in total. The molecule has 8 heteroatoms. The summed E-state index contributed by atoms with van der Waals surface area (Å²) in [5.74, 6) is -0.316. The first-order valence-corrected chi connectivity index (χ1v) is 10.4. The van der Waals surface area contributed by atoms with Crippen LogP contribution in [-0.4, -0.2) is 32.4 Å². The number of benzene rings is 2. The zero-order valence-electron chi connectivity index (χ0n) is 18.2. The topological polar surface area (TPSA) is 99.9 Å². The highest BCUT2D eigenvalue weighted by atomic mass is 19.1. The molecule has 166 valence electrons. The second-order valence-electron chi connectivity index (χ2n) is 8.67. The Morgan fingerprint density at radius 2 is 1.91 bits per heavy atom. The third-order valence-electron chi connectivity index (χ3n) is 4.91. The van der Waals surface area contributed by atoms with E-state index in [0.29, 0.717) is 5.82 Å². The summed E-state index contributed by atoms with van der Waals surface area (Å²) in [5.41, 5.74) is 3.71. The summed E-state index contributed by atoms with van der Waals surface area (Å²) in [6.07, 6.45) is 1.94. The highest BCUT2D eigenvalue weighted by Crippen LogP contribution is 2.30. The van der Waals surface area contributed by atoms with Crippen LogP contribution in [0, 0.1) is 5.82 Å². The van der Waals surface area contributed by atoms with Crippen LogP contribution in [0.2, 0.25) is 0 Å². The average Bonchev–Trinajstić information content (AvgIpc) is 3.32. The molecule has 0 aliphatic carbocycles. The maximum absolute atomic E-state index is 13.5. The van der Waals surface area contributed by atoms with Gasteiger partial charge in [-0.15, -0.1) is 0 Å². The lowest BCUT2D eigenvalue weighted by Gasteiger charge is -2.19. The number of hydrogen-bond donors (Lipinski definition) is 3. The lowest BCUT2D eigenvalue weighted by atomic mass is 10.0. The molecule has 0 fully saturated rings. The fraction of sp³-hybridized carbons (Fsp3) is 0.292. The first-order chi connectivity index (χ1) is 15.2. The van der Waals surface area contributed by atoms with Crippen molar-refractivity contribution in [3.8, 4) is 11.1 Å². The smallest absolute Gasteiger partial charge is 0.306 e. The van der Waals surface area contributed by atoms with Crippen molar-refractivity contribution in [1.29, 1.82) is 0 Å². The van der Waals surface area contributed by atoms with E-state index in [1.165, 1.54) is 12.1 Å². The number of hydrogen-bond acceptors (Lipinski definition) is 4. The number of rotatable bonds is 6. The van der Waals surface area contributed by atoms with Crippen LogP contribution in [0.3, 0.4) is 0 Å². The standard InChI is InChI=1S/C24H25FN4O3/c1-24(2,3)32-23(31)9-8-22(30)27-13-21-28-18-7-4-14(10-20(18)29-21)17-12-26-19-11-15(25)5-6-16(17)19/h4-7,10-12,26H,8-9,13H2,1-3H3,(H,27,30)(H,28,29).